The van der Waals surface area contributed by atoms with Crippen molar-refractivity contribution in [2.24, 2.45) is 10.9 Å². The minimum absolute atomic E-state index is 0.632. The highest BCUT2D eigenvalue weighted by atomic mass is 32.2. The molecule has 0 aromatic carbocycles. The molecule has 0 spiro atoms. The second kappa shape index (κ2) is 4.53. The largest absolute Gasteiger partial charge is 0.346 e. The van der Waals surface area contributed by atoms with Crippen molar-refractivity contribution in [1.29, 1.82) is 0 Å². The lowest BCUT2D eigenvalue weighted by atomic mass is 10.0. The standard InChI is InChI=1S/C10H19N3S/c1-8(2)9-7-11-3-5-13(9)10-12-4-6-14-10/h8-9,11H,3-7H2,1-2H3. The molecule has 80 valence electrons. The van der Waals surface area contributed by atoms with E-state index in [0.717, 1.165) is 26.2 Å². The van der Waals surface area contributed by atoms with E-state index in [9.17, 15) is 0 Å². The van der Waals surface area contributed by atoms with Crippen molar-refractivity contribution in [2.75, 3.05) is 31.9 Å². The van der Waals surface area contributed by atoms with Crippen LogP contribution in [-0.2, 0) is 0 Å². The second-order valence-corrected chi connectivity index (χ2v) is 5.28. The molecule has 1 atom stereocenters. The van der Waals surface area contributed by atoms with Crippen LogP contribution in [0.25, 0.3) is 0 Å². The van der Waals surface area contributed by atoms with E-state index in [1.165, 1.54) is 10.9 Å². The summed E-state index contributed by atoms with van der Waals surface area (Å²) in [5.74, 6) is 1.87. The molecule has 0 aromatic heterocycles. The molecule has 0 aromatic rings. The fourth-order valence-electron chi connectivity index (χ4n) is 2.06. The molecule has 0 aliphatic carbocycles. The van der Waals surface area contributed by atoms with Crippen LogP contribution < -0.4 is 5.32 Å². The molecule has 14 heavy (non-hydrogen) atoms. The van der Waals surface area contributed by atoms with E-state index < -0.39 is 0 Å². The Morgan fingerprint density at radius 3 is 3.07 bits per heavy atom. The van der Waals surface area contributed by atoms with Crippen LogP contribution in [0.4, 0.5) is 0 Å². The quantitative estimate of drug-likeness (QED) is 0.705. The summed E-state index contributed by atoms with van der Waals surface area (Å²) in [7, 11) is 0. The lowest BCUT2D eigenvalue weighted by Crippen LogP contribution is -2.54. The van der Waals surface area contributed by atoms with Crippen molar-refractivity contribution in [1.82, 2.24) is 10.2 Å². The Bertz CT molecular complexity index is 227. The zero-order valence-electron chi connectivity index (χ0n) is 8.99. The third kappa shape index (κ3) is 2.06. The van der Waals surface area contributed by atoms with Crippen molar-refractivity contribution in [3.05, 3.63) is 0 Å². The molecule has 3 nitrogen and oxygen atoms in total. The highest BCUT2D eigenvalue weighted by molar-refractivity contribution is 8.14. The lowest BCUT2D eigenvalue weighted by Gasteiger charge is -2.39. The molecule has 1 unspecified atom stereocenters. The van der Waals surface area contributed by atoms with Gasteiger partial charge in [-0.05, 0) is 5.92 Å². The number of amidine groups is 1. The summed E-state index contributed by atoms with van der Waals surface area (Å²) in [4.78, 5) is 7.07. The second-order valence-electron chi connectivity index (χ2n) is 4.22. The van der Waals surface area contributed by atoms with Gasteiger partial charge in [0.2, 0.25) is 0 Å². The molecule has 2 aliphatic heterocycles. The minimum Gasteiger partial charge on any atom is -0.346 e. The van der Waals surface area contributed by atoms with Gasteiger partial charge >= 0.3 is 0 Å². The van der Waals surface area contributed by atoms with Crippen molar-refractivity contribution in [3.8, 4) is 0 Å². The maximum atomic E-state index is 4.57. The molecule has 0 radical (unpaired) electrons. The van der Waals surface area contributed by atoms with Crippen LogP contribution >= 0.6 is 11.8 Å². The first-order valence-electron chi connectivity index (χ1n) is 5.43. The van der Waals surface area contributed by atoms with Crippen LogP contribution in [0, 0.1) is 5.92 Å². The monoisotopic (exact) mass is 213 g/mol. The van der Waals surface area contributed by atoms with Crippen molar-refractivity contribution in [3.63, 3.8) is 0 Å². The predicted octanol–water partition coefficient (Wildman–Crippen LogP) is 1.02. The highest BCUT2D eigenvalue weighted by Gasteiger charge is 2.28. The minimum atomic E-state index is 0.632. The molecule has 1 N–H and O–H groups in total. The van der Waals surface area contributed by atoms with E-state index >= 15 is 0 Å². The summed E-state index contributed by atoms with van der Waals surface area (Å²) in [6, 6.07) is 0.632. The summed E-state index contributed by atoms with van der Waals surface area (Å²) in [6.07, 6.45) is 0. The van der Waals surface area contributed by atoms with Gasteiger partial charge in [-0.3, -0.25) is 4.99 Å². The SMILES string of the molecule is CC(C)C1CNCCN1C1=NCCS1. The molecule has 2 rings (SSSR count). The Morgan fingerprint density at radius 2 is 2.43 bits per heavy atom. The number of thioether (sulfide) groups is 1. The number of nitrogens with zero attached hydrogens (tertiary/aromatic N) is 2. The van der Waals surface area contributed by atoms with Crippen LogP contribution in [0.5, 0.6) is 0 Å². The van der Waals surface area contributed by atoms with Gasteiger partial charge in [0.15, 0.2) is 5.17 Å². The predicted molar refractivity (Wildman–Crippen MR) is 63.0 cm³/mol. The van der Waals surface area contributed by atoms with Gasteiger partial charge in [-0.25, -0.2) is 0 Å². The number of nitrogens with one attached hydrogen (secondary N) is 1. The zero-order valence-corrected chi connectivity index (χ0v) is 9.81. The molecule has 0 bridgehead atoms. The van der Waals surface area contributed by atoms with Gasteiger partial charge in [0.1, 0.15) is 0 Å². The van der Waals surface area contributed by atoms with Crippen molar-refractivity contribution < 1.29 is 0 Å². The van der Waals surface area contributed by atoms with E-state index in [1.807, 2.05) is 11.8 Å². The Kier molecular flexibility index (Phi) is 3.34. The molecule has 0 amide bonds. The fourth-order valence-corrected chi connectivity index (χ4v) is 3.00. The number of hydrogen-bond donors (Lipinski definition) is 1. The van der Waals surface area contributed by atoms with Crippen molar-refractivity contribution in [2.45, 2.75) is 19.9 Å². The summed E-state index contributed by atoms with van der Waals surface area (Å²) in [5.41, 5.74) is 0. The molecule has 1 saturated heterocycles. The summed E-state index contributed by atoms with van der Waals surface area (Å²) >= 11 is 1.92. The summed E-state index contributed by atoms with van der Waals surface area (Å²) in [5, 5.41) is 4.75. The average molecular weight is 213 g/mol. The molecule has 2 heterocycles. The fraction of sp³-hybridized carbons (Fsp3) is 0.900. The first-order valence-corrected chi connectivity index (χ1v) is 6.42. The summed E-state index contributed by atoms with van der Waals surface area (Å²) < 4.78 is 0. The molecule has 4 heteroatoms. The Morgan fingerprint density at radius 1 is 1.57 bits per heavy atom. The molecule has 0 saturated carbocycles. The maximum Gasteiger partial charge on any atom is 0.159 e. The molecule has 1 fully saturated rings. The first-order chi connectivity index (χ1) is 6.79. The van der Waals surface area contributed by atoms with Crippen LogP contribution in [0.15, 0.2) is 4.99 Å². The molecular weight excluding hydrogens is 194 g/mol. The van der Waals surface area contributed by atoms with Crippen molar-refractivity contribution >= 4 is 16.9 Å². The molecule has 2 aliphatic rings. The van der Waals surface area contributed by atoms with Gasteiger partial charge in [0.05, 0.1) is 6.54 Å². The van der Waals surface area contributed by atoms with Gasteiger partial charge in [0.25, 0.3) is 0 Å². The van der Waals surface area contributed by atoms with Crippen LogP contribution in [0.3, 0.4) is 0 Å². The smallest absolute Gasteiger partial charge is 0.159 e. The Hall–Kier alpha value is -0.220. The number of rotatable bonds is 1. The van der Waals surface area contributed by atoms with E-state index in [1.54, 1.807) is 0 Å². The number of aliphatic imine (C=N–C) groups is 1. The van der Waals surface area contributed by atoms with E-state index in [-0.39, 0.29) is 0 Å². The van der Waals surface area contributed by atoms with Crippen LogP contribution in [0.2, 0.25) is 0 Å². The topological polar surface area (TPSA) is 27.6 Å². The van der Waals surface area contributed by atoms with E-state index in [0.29, 0.717) is 12.0 Å². The third-order valence-electron chi connectivity index (χ3n) is 2.87. The Labute approximate surface area is 90.3 Å². The third-order valence-corrected chi connectivity index (χ3v) is 3.88. The van der Waals surface area contributed by atoms with Gasteiger partial charge < -0.3 is 10.2 Å². The average Bonchev–Trinajstić information content (AvgIpc) is 2.70. The van der Waals surface area contributed by atoms with Crippen LogP contribution in [0.1, 0.15) is 13.8 Å². The van der Waals surface area contributed by atoms with E-state index in [4.69, 9.17) is 0 Å². The molecular formula is C10H19N3S. The van der Waals surface area contributed by atoms with Gasteiger partial charge in [-0.2, -0.15) is 0 Å². The lowest BCUT2D eigenvalue weighted by molar-refractivity contribution is 0.210. The Balaban J connectivity index is 2.05. The highest BCUT2D eigenvalue weighted by Crippen LogP contribution is 2.22. The van der Waals surface area contributed by atoms with E-state index in [2.05, 4.69) is 29.1 Å². The zero-order chi connectivity index (χ0) is 9.97. The first kappa shape index (κ1) is 10.3. The summed E-state index contributed by atoms with van der Waals surface area (Å²) in [6.45, 7) is 8.93. The van der Waals surface area contributed by atoms with Gasteiger partial charge in [0, 0.05) is 31.4 Å². The van der Waals surface area contributed by atoms with Gasteiger partial charge in [-0.1, -0.05) is 25.6 Å². The number of piperazine rings is 1. The van der Waals surface area contributed by atoms with Crippen LogP contribution in [-0.4, -0.2) is 48.0 Å². The number of hydrogen-bond acceptors (Lipinski definition) is 4. The normalized spacial score (nSPS) is 28.4. The van der Waals surface area contributed by atoms with Gasteiger partial charge in [-0.15, -0.1) is 0 Å². The maximum absolute atomic E-state index is 4.57.